The Morgan fingerprint density at radius 1 is 1.12 bits per heavy atom. The van der Waals surface area contributed by atoms with Gasteiger partial charge in [-0.15, -0.1) is 0 Å². The minimum Gasteiger partial charge on any atom is -0.341 e. The quantitative estimate of drug-likeness (QED) is 0.692. The van der Waals surface area contributed by atoms with Gasteiger partial charge in [-0.1, -0.05) is 12.1 Å². The molecule has 0 aliphatic carbocycles. The second-order valence-electron chi connectivity index (χ2n) is 8.85. The maximum Gasteiger partial charge on any atom is 0.257 e. The maximum absolute atomic E-state index is 13.1. The Morgan fingerprint density at radius 3 is 2.53 bits per heavy atom. The number of carbonyl (C=O) groups is 2. The van der Waals surface area contributed by atoms with Crippen LogP contribution in [-0.4, -0.2) is 76.3 Å². The molecule has 3 heterocycles. The van der Waals surface area contributed by atoms with Crippen molar-refractivity contribution in [2.24, 2.45) is 0 Å². The lowest BCUT2D eigenvalue weighted by molar-refractivity contribution is -0.131. The van der Waals surface area contributed by atoms with E-state index in [-0.39, 0.29) is 23.5 Å². The second kappa shape index (κ2) is 9.73. The summed E-state index contributed by atoms with van der Waals surface area (Å²) in [4.78, 5) is 40.2. The second-order valence-corrected chi connectivity index (χ2v) is 8.85. The average molecular weight is 440 g/mol. The summed E-state index contributed by atoms with van der Waals surface area (Å²) in [5.74, 6) is 0.599. The van der Waals surface area contributed by atoms with Crippen molar-refractivity contribution in [1.29, 1.82) is 0 Å². The molecule has 2 aliphatic rings. The number of aromatic nitrogens is 2. The smallest absolute Gasteiger partial charge is 0.257 e. The molecular weight excluding hydrogens is 409 g/mol. The minimum absolute atomic E-state index is 0.0129. The van der Waals surface area contributed by atoms with E-state index in [0.717, 1.165) is 37.9 Å². The van der Waals surface area contributed by atoms with E-state index in [1.807, 2.05) is 28.7 Å². The number of amides is 2. The SMILES string of the molecule is Cc1nc(C2CCN(C(=O)CN(C)Cc3ccc(F)cc3)C2)ncc1C(=O)N1CCCC1. The third-order valence-electron chi connectivity index (χ3n) is 6.30. The Bertz CT molecular complexity index is 975. The highest BCUT2D eigenvalue weighted by molar-refractivity contribution is 5.95. The molecule has 2 aliphatic heterocycles. The van der Waals surface area contributed by atoms with Crippen LogP contribution in [-0.2, 0) is 11.3 Å². The highest BCUT2D eigenvalue weighted by atomic mass is 19.1. The van der Waals surface area contributed by atoms with Gasteiger partial charge in [-0.25, -0.2) is 14.4 Å². The molecule has 2 amide bonds. The van der Waals surface area contributed by atoms with Gasteiger partial charge in [0, 0.05) is 44.8 Å². The maximum atomic E-state index is 13.1. The van der Waals surface area contributed by atoms with Gasteiger partial charge in [-0.05, 0) is 50.9 Å². The van der Waals surface area contributed by atoms with Gasteiger partial charge in [0.15, 0.2) is 0 Å². The summed E-state index contributed by atoms with van der Waals surface area (Å²) < 4.78 is 13.1. The molecule has 8 heteroatoms. The fourth-order valence-electron chi connectivity index (χ4n) is 4.47. The summed E-state index contributed by atoms with van der Waals surface area (Å²) in [6, 6.07) is 6.34. The number of rotatable bonds is 6. The number of likely N-dealkylation sites (tertiary alicyclic amines) is 2. The molecule has 0 N–H and O–H groups in total. The zero-order valence-corrected chi connectivity index (χ0v) is 18.8. The Hall–Kier alpha value is -2.87. The van der Waals surface area contributed by atoms with Crippen LogP contribution in [0.1, 0.15) is 52.6 Å². The summed E-state index contributed by atoms with van der Waals surface area (Å²) in [5.41, 5.74) is 2.24. The predicted octanol–water partition coefficient (Wildman–Crippen LogP) is 2.61. The van der Waals surface area contributed by atoms with Crippen molar-refractivity contribution in [2.45, 2.75) is 38.6 Å². The van der Waals surface area contributed by atoms with Crippen molar-refractivity contribution in [3.05, 3.63) is 58.9 Å². The van der Waals surface area contributed by atoms with Gasteiger partial charge in [0.25, 0.3) is 5.91 Å². The lowest BCUT2D eigenvalue weighted by Gasteiger charge is -2.22. The highest BCUT2D eigenvalue weighted by Gasteiger charge is 2.30. The first kappa shape index (κ1) is 22.3. The molecule has 7 nitrogen and oxygen atoms in total. The third-order valence-corrected chi connectivity index (χ3v) is 6.30. The van der Waals surface area contributed by atoms with Gasteiger partial charge < -0.3 is 9.80 Å². The molecule has 4 rings (SSSR count). The number of nitrogens with zero attached hydrogens (tertiary/aromatic N) is 5. The molecule has 0 spiro atoms. The van der Waals surface area contributed by atoms with E-state index in [1.165, 1.54) is 12.1 Å². The molecule has 2 fully saturated rings. The predicted molar refractivity (Wildman–Crippen MR) is 119 cm³/mol. The summed E-state index contributed by atoms with van der Waals surface area (Å²) in [5, 5.41) is 0. The van der Waals surface area contributed by atoms with Crippen molar-refractivity contribution in [2.75, 3.05) is 39.8 Å². The largest absolute Gasteiger partial charge is 0.341 e. The summed E-state index contributed by atoms with van der Waals surface area (Å²) >= 11 is 0. The molecule has 2 aromatic rings. The van der Waals surface area contributed by atoms with Crippen LogP contribution in [0.5, 0.6) is 0 Å². The van der Waals surface area contributed by atoms with Crippen molar-refractivity contribution >= 4 is 11.8 Å². The van der Waals surface area contributed by atoms with Crippen molar-refractivity contribution in [3.63, 3.8) is 0 Å². The highest BCUT2D eigenvalue weighted by Crippen LogP contribution is 2.26. The van der Waals surface area contributed by atoms with Gasteiger partial charge in [0.05, 0.1) is 17.8 Å². The number of hydrogen-bond donors (Lipinski definition) is 0. The van der Waals surface area contributed by atoms with Crippen LogP contribution in [0.2, 0.25) is 0 Å². The average Bonchev–Trinajstić information content (AvgIpc) is 3.47. The van der Waals surface area contributed by atoms with Crippen LogP contribution in [0.3, 0.4) is 0 Å². The van der Waals surface area contributed by atoms with Crippen molar-refractivity contribution < 1.29 is 14.0 Å². The Balaban J connectivity index is 1.32. The Morgan fingerprint density at radius 2 is 1.84 bits per heavy atom. The van der Waals surface area contributed by atoms with E-state index in [0.29, 0.717) is 43.3 Å². The summed E-state index contributed by atoms with van der Waals surface area (Å²) in [6.07, 6.45) is 4.56. The summed E-state index contributed by atoms with van der Waals surface area (Å²) in [7, 11) is 1.89. The zero-order valence-electron chi connectivity index (χ0n) is 18.8. The van der Waals surface area contributed by atoms with Crippen LogP contribution in [0.4, 0.5) is 4.39 Å². The monoisotopic (exact) mass is 439 g/mol. The Labute approximate surface area is 188 Å². The first-order chi connectivity index (χ1) is 15.4. The van der Waals surface area contributed by atoms with Gasteiger partial charge >= 0.3 is 0 Å². The van der Waals surface area contributed by atoms with Crippen LogP contribution in [0.15, 0.2) is 30.5 Å². The van der Waals surface area contributed by atoms with Crippen molar-refractivity contribution in [3.8, 4) is 0 Å². The lowest BCUT2D eigenvalue weighted by Crippen LogP contribution is -2.37. The first-order valence-corrected chi connectivity index (χ1v) is 11.2. The van der Waals surface area contributed by atoms with Gasteiger partial charge in [-0.3, -0.25) is 14.5 Å². The molecule has 0 radical (unpaired) electrons. The van der Waals surface area contributed by atoms with Crippen LogP contribution in [0, 0.1) is 12.7 Å². The number of benzene rings is 1. The molecule has 2 saturated heterocycles. The van der Waals surface area contributed by atoms with E-state index in [4.69, 9.17) is 0 Å². The fourth-order valence-corrected chi connectivity index (χ4v) is 4.47. The van der Waals surface area contributed by atoms with Gasteiger partial charge in [0.2, 0.25) is 5.91 Å². The van der Waals surface area contributed by atoms with Crippen molar-refractivity contribution in [1.82, 2.24) is 24.7 Å². The normalized spacial score (nSPS) is 18.6. The topological polar surface area (TPSA) is 69.6 Å². The zero-order chi connectivity index (χ0) is 22.7. The van der Waals surface area contributed by atoms with Crippen LogP contribution in [0.25, 0.3) is 0 Å². The van der Waals surface area contributed by atoms with Crippen LogP contribution < -0.4 is 0 Å². The Kier molecular flexibility index (Phi) is 6.79. The van der Waals surface area contributed by atoms with Gasteiger partial charge in [-0.2, -0.15) is 0 Å². The van der Waals surface area contributed by atoms with E-state index >= 15 is 0 Å². The summed E-state index contributed by atoms with van der Waals surface area (Å²) in [6.45, 7) is 5.60. The molecule has 1 aromatic heterocycles. The standard InChI is InChI=1S/C24H30FN5O2/c1-17-21(24(32)29-10-3-4-11-29)13-26-23(27-17)19-9-12-30(15-19)22(31)16-28(2)14-18-5-7-20(25)8-6-18/h5-8,13,19H,3-4,9-12,14-16H2,1-2H3. The molecule has 1 unspecified atom stereocenters. The van der Waals surface area contributed by atoms with E-state index in [9.17, 15) is 14.0 Å². The first-order valence-electron chi connectivity index (χ1n) is 11.2. The number of likely N-dealkylation sites (N-methyl/N-ethyl adjacent to an activating group) is 1. The molecule has 0 saturated carbocycles. The van der Waals surface area contributed by atoms with E-state index in [2.05, 4.69) is 9.97 Å². The number of aryl methyl sites for hydroxylation is 1. The fraction of sp³-hybridized carbons (Fsp3) is 0.500. The lowest BCUT2D eigenvalue weighted by atomic mass is 10.1. The number of carbonyl (C=O) groups excluding carboxylic acids is 2. The number of halogens is 1. The van der Waals surface area contributed by atoms with E-state index < -0.39 is 0 Å². The third kappa shape index (κ3) is 5.12. The minimum atomic E-state index is -0.263. The molecule has 170 valence electrons. The molecule has 1 atom stereocenters. The molecule has 32 heavy (non-hydrogen) atoms. The molecule has 1 aromatic carbocycles. The molecule has 0 bridgehead atoms. The van der Waals surface area contributed by atoms with Gasteiger partial charge in [0.1, 0.15) is 11.6 Å². The molecular formula is C24H30FN5O2. The van der Waals surface area contributed by atoms with E-state index in [1.54, 1.807) is 18.3 Å². The number of hydrogen-bond acceptors (Lipinski definition) is 5. The van der Waals surface area contributed by atoms with Crippen LogP contribution >= 0.6 is 0 Å².